The van der Waals surface area contributed by atoms with Crippen LogP contribution in [0.2, 0.25) is 0 Å². The minimum atomic E-state index is -0.246. The molecule has 0 aromatic rings. The number of rotatable bonds is 5. The molecular formula is C29H42O4. The molecule has 4 rings (SSSR count). The van der Waals surface area contributed by atoms with Crippen molar-refractivity contribution < 1.29 is 19.1 Å². The highest BCUT2D eigenvalue weighted by Crippen LogP contribution is 2.65. The summed E-state index contributed by atoms with van der Waals surface area (Å²) < 4.78 is 5.51. The third-order valence-corrected chi connectivity index (χ3v) is 9.66. The second kappa shape index (κ2) is 8.82. The first kappa shape index (κ1) is 24.4. The maximum Gasteiger partial charge on any atom is 0.302 e. The van der Waals surface area contributed by atoms with Crippen LogP contribution in [0.1, 0.15) is 92.9 Å². The zero-order valence-electron chi connectivity index (χ0n) is 21.4. The average Bonchev–Trinajstić information content (AvgIpc) is 3.05. The van der Waals surface area contributed by atoms with Gasteiger partial charge in [0.1, 0.15) is 11.9 Å². The van der Waals surface area contributed by atoms with Crippen LogP contribution < -0.4 is 0 Å². The van der Waals surface area contributed by atoms with Crippen molar-refractivity contribution in [3.8, 4) is 0 Å². The summed E-state index contributed by atoms with van der Waals surface area (Å²) in [6.07, 6.45) is 11.2. The Morgan fingerprint density at radius 1 is 1.18 bits per heavy atom. The van der Waals surface area contributed by atoms with Gasteiger partial charge in [-0.15, -0.1) is 0 Å². The minimum Gasteiger partial charge on any atom is -0.463 e. The molecule has 0 heterocycles. The molecule has 0 saturated heterocycles. The molecule has 0 N–H and O–H groups in total. The van der Waals surface area contributed by atoms with Crippen LogP contribution in [-0.4, -0.2) is 23.6 Å². The van der Waals surface area contributed by atoms with Crippen LogP contribution in [-0.2, 0) is 19.1 Å². The lowest BCUT2D eigenvalue weighted by Gasteiger charge is -2.56. The Balaban J connectivity index is 1.58. The van der Waals surface area contributed by atoms with Crippen molar-refractivity contribution in [3.63, 3.8) is 0 Å². The maximum atomic E-state index is 13.5. The van der Waals surface area contributed by atoms with Crippen LogP contribution in [0.25, 0.3) is 0 Å². The summed E-state index contributed by atoms with van der Waals surface area (Å²) >= 11 is 0. The van der Waals surface area contributed by atoms with E-state index in [2.05, 4.69) is 40.7 Å². The number of carbonyl (C=O) groups is 3. The predicted molar refractivity (Wildman–Crippen MR) is 129 cm³/mol. The Morgan fingerprint density at radius 3 is 2.58 bits per heavy atom. The molecule has 0 aliphatic heterocycles. The van der Waals surface area contributed by atoms with Crippen LogP contribution in [0, 0.1) is 40.4 Å². The number of Topliss-reactive ketones (excluding diaryl/α,β-unsaturated/α-hetero) is 1. The summed E-state index contributed by atoms with van der Waals surface area (Å²) in [5, 5.41) is 0. The summed E-state index contributed by atoms with van der Waals surface area (Å²) in [6, 6.07) is 0. The highest BCUT2D eigenvalue weighted by molar-refractivity contribution is 5.90. The van der Waals surface area contributed by atoms with E-state index < -0.39 is 0 Å². The lowest BCUT2D eigenvalue weighted by atomic mass is 9.48. The van der Waals surface area contributed by atoms with Crippen molar-refractivity contribution in [3.05, 3.63) is 23.3 Å². The van der Waals surface area contributed by atoms with Crippen molar-refractivity contribution in [2.75, 3.05) is 0 Å². The fourth-order valence-electron chi connectivity index (χ4n) is 8.20. The zero-order valence-corrected chi connectivity index (χ0v) is 21.4. The Kier molecular flexibility index (Phi) is 6.52. The Labute approximate surface area is 199 Å². The minimum absolute atomic E-state index is 0.0325. The summed E-state index contributed by atoms with van der Waals surface area (Å²) in [6.45, 7) is 12.5. The normalized spacial score (nSPS) is 40.6. The molecule has 7 atom stereocenters. The first-order valence-electron chi connectivity index (χ1n) is 13.1. The number of hydrogen-bond acceptors (Lipinski definition) is 4. The SMILES string of the molecule is CC(=O)O[C@H]1CC[C@]2(C)C3=CC[C@]4(C)[C@@H](/C(C)=C\C(=O)CC(C)C)CC[C@H]4[C@@H]3CC(=O)[C@H]2C1. The van der Waals surface area contributed by atoms with Gasteiger partial charge in [-0.3, -0.25) is 14.4 Å². The highest BCUT2D eigenvalue weighted by Gasteiger charge is 2.59. The molecule has 0 aromatic carbocycles. The van der Waals surface area contributed by atoms with Gasteiger partial charge in [-0.25, -0.2) is 0 Å². The lowest BCUT2D eigenvalue weighted by molar-refractivity contribution is -0.154. The Bertz CT molecular complexity index is 895. The second-order valence-corrected chi connectivity index (χ2v) is 12.3. The summed E-state index contributed by atoms with van der Waals surface area (Å²) in [4.78, 5) is 37.4. The number of carbonyl (C=O) groups excluding carboxylic acids is 3. The lowest BCUT2D eigenvalue weighted by Crippen LogP contribution is -2.52. The van der Waals surface area contributed by atoms with E-state index in [-0.39, 0.29) is 34.6 Å². The number of fused-ring (bicyclic) bond motifs is 5. The molecule has 0 amide bonds. The van der Waals surface area contributed by atoms with Crippen LogP contribution in [0.3, 0.4) is 0 Å². The van der Waals surface area contributed by atoms with Crippen LogP contribution >= 0.6 is 0 Å². The highest BCUT2D eigenvalue weighted by atomic mass is 16.5. The summed E-state index contributed by atoms with van der Waals surface area (Å²) in [5.74, 6) is 1.95. The van der Waals surface area contributed by atoms with E-state index in [1.165, 1.54) is 18.1 Å². The molecule has 0 spiro atoms. The molecule has 0 unspecified atom stereocenters. The first-order chi connectivity index (χ1) is 15.5. The van der Waals surface area contributed by atoms with Gasteiger partial charge in [0.15, 0.2) is 5.78 Å². The Morgan fingerprint density at radius 2 is 1.91 bits per heavy atom. The van der Waals surface area contributed by atoms with E-state index in [1.54, 1.807) is 0 Å². The Hall–Kier alpha value is -1.71. The largest absolute Gasteiger partial charge is 0.463 e. The van der Waals surface area contributed by atoms with Gasteiger partial charge in [-0.1, -0.05) is 44.9 Å². The summed E-state index contributed by atoms with van der Waals surface area (Å²) in [7, 11) is 0. The molecule has 4 aliphatic rings. The van der Waals surface area contributed by atoms with Crippen LogP contribution in [0.15, 0.2) is 23.3 Å². The van der Waals surface area contributed by atoms with E-state index in [9.17, 15) is 14.4 Å². The molecule has 33 heavy (non-hydrogen) atoms. The van der Waals surface area contributed by atoms with Gasteiger partial charge in [0.05, 0.1) is 0 Å². The van der Waals surface area contributed by atoms with Gasteiger partial charge in [0.25, 0.3) is 0 Å². The number of esters is 1. The van der Waals surface area contributed by atoms with E-state index in [1.807, 2.05) is 6.08 Å². The molecular weight excluding hydrogens is 412 g/mol. The number of ether oxygens (including phenoxy) is 1. The van der Waals surface area contributed by atoms with Crippen molar-refractivity contribution in [2.24, 2.45) is 40.4 Å². The van der Waals surface area contributed by atoms with Gasteiger partial charge in [-0.05, 0) is 86.0 Å². The van der Waals surface area contributed by atoms with Crippen molar-refractivity contribution in [1.29, 1.82) is 0 Å². The first-order valence-corrected chi connectivity index (χ1v) is 13.1. The van der Waals surface area contributed by atoms with Gasteiger partial charge in [0, 0.05) is 25.7 Å². The average molecular weight is 455 g/mol. The molecule has 3 saturated carbocycles. The van der Waals surface area contributed by atoms with Crippen molar-refractivity contribution >= 4 is 17.5 Å². The van der Waals surface area contributed by atoms with E-state index >= 15 is 0 Å². The molecule has 4 aliphatic carbocycles. The molecule has 4 nitrogen and oxygen atoms in total. The van der Waals surface area contributed by atoms with Crippen LogP contribution in [0.4, 0.5) is 0 Å². The monoisotopic (exact) mass is 454 g/mol. The third-order valence-electron chi connectivity index (χ3n) is 9.66. The fraction of sp³-hybridized carbons (Fsp3) is 0.759. The van der Waals surface area contributed by atoms with E-state index in [4.69, 9.17) is 4.74 Å². The molecule has 4 heteroatoms. The van der Waals surface area contributed by atoms with Gasteiger partial charge in [0.2, 0.25) is 0 Å². The quantitative estimate of drug-likeness (QED) is 0.280. The van der Waals surface area contributed by atoms with Gasteiger partial charge >= 0.3 is 5.97 Å². The van der Waals surface area contributed by atoms with Crippen molar-refractivity contribution in [1.82, 2.24) is 0 Å². The summed E-state index contributed by atoms with van der Waals surface area (Å²) in [5.41, 5.74) is 2.75. The fourth-order valence-corrected chi connectivity index (χ4v) is 8.20. The predicted octanol–water partition coefficient (Wildman–Crippen LogP) is 6.24. The number of hydrogen-bond donors (Lipinski definition) is 0. The maximum absolute atomic E-state index is 13.5. The smallest absolute Gasteiger partial charge is 0.302 e. The molecule has 182 valence electrons. The van der Waals surface area contributed by atoms with E-state index in [0.717, 1.165) is 32.1 Å². The number of allylic oxidation sites excluding steroid dienone is 4. The topological polar surface area (TPSA) is 60.4 Å². The van der Waals surface area contributed by atoms with Gasteiger partial charge < -0.3 is 4.74 Å². The standard InChI is InChI=1S/C29H42O4/c1-17(2)13-20(31)14-18(3)23-7-8-24-22-16-27(32)26-15-21(33-19(4)30)9-11-29(26,6)25(22)10-12-28(23,24)5/h10,14,17,21-24,26H,7-9,11-13,15-16H2,1-6H3/b18-14-/t21-,22-,23+,24-,26+,28+,29+/m0/s1. The molecule has 0 radical (unpaired) electrons. The molecule has 0 aromatic heterocycles. The van der Waals surface area contributed by atoms with Crippen LogP contribution in [0.5, 0.6) is 0 Å². The van der Waals surface area contributed by atoms with E-state index in [0.29, 0.717) is 48.7 Å². The van der Waals surface area contributed by atoms with Crippen molar-refractivity contribution in [2.45, 2.75) is 99.0 Å². The molecule has 0 bridgehead atoms. The second-order valence-electron chi connectivity index (χ2n) is 12.3. The van der Waals surface area contributed by atoms with Gasteiger partial charge in [-0.2, -0.15) is 0 Å². The molecule has 3 fully saturated rings. The third kappa shape index (κ3) is 4.28. The zero-order chi connectivity index (χ0) is 24.1. The number of ketones is 2.